The molecule has 0 aliphatic carbocycles. The summed E-state index contributed by atoms with van der Waals surface area (Å²) in [5, 5.41) is 2.29. The number of rotatable bonds is 6. The quantitative estimate of drug-likeness (QED) is 0.179. The average Bonchev–Trinajstić information content (AvgIpc) is 3.69. The first-order chi connectivity index (χ1) is 24.1. The Morgan fingerprint density at radius 1 is 0.600 bits per heavy atom. The summed E-state index contributed by atoms with van der Waals surface area (Å²) in [5.41, 5.74) is 14.6. The van der Waals surface area contributed by atoms with Gasteiger partial charge < -0.3 is 4.42 Å². The van der Waals surface area contributed by atoms with Gasteiger partial charge in [0, 0.05) is 10.8 Å². The number of fused-ring (bicyclic) bond motifs is 4. The SMILES string of the molecule is CC(C)c1cc(-c2ccccc2)cc(C(C)C)c1-n1c(-c2ccc(C(C)(C)C)c3c2oc2cc(-c4ccccc4)ccc23)nc2ccccc21. The third-order valence-electron chi connectivity index (χ3n) is 10.1. The second-order valence-corrected chi connectivity index (χ2v) is 15.2. The summed E-state index contributed by atoms with van der Waals surface area (Å²) in [6.45, 7) is 16.1. The molecule has 0 radical (unpaired) electrons. The summed E-state index contributed by atoms with van der Waals surface area (Å²) in [4.78, 5) is 5.42. The summed E-state index contributed by atoms with van der Waals surface area (Å²) < 4.78 is 9.42. The van der Waals surface area contributed by atoms with Crippen LogP contribution in [-0.4, -0.2) is 9.55 Å². The zero-order chi connectivity index (χ0) is 34.7. The molecule has 0 N–H and O–H groups in total. The van der Waals surface area contributed by atoms with Crippen LogP contribution in [0.1, 0.15) is 77.0 Å². The van der Waals surface area contributed by atoms with Gasteiger partial charge in [0.25, 0.3) is 0 Å². The number of aromatic nitrogens is 2. The van der Waals surface area contributed by atoms with Gasteiger partial charge in [0.2, 0.25) is 0 Å². The van der Waals surface area contributed by atoms with Crippen LogP contribution in [0.25, 0.3) is 72.3 Å². The minimum absolute atomic E-state index is 0.0886. The smallest absolute Gasteiger partial charge is 0.149 e. The Hall–Kier alpha value is -5.41. The second-order valence-electron chi connectivity index (χ2n) is 15.2. The Kier molecular flexibility index (Phi) is 7.75. The third kappa shape index (κ3) is 5.33. The maximum Gasteiger partial charge on any atom is 0.149 e. The van der Waals surface area contributed by atoms with Crippen molar-refractivity contribution >= 4 is 33.0 Å². The molecule has 0 bridgehead atoms. The van der Waals surface area contributed by atoms with Crippen LogP contribution in [0.5, 0.6) is 0 Å². The summed E-state index contributed by atoms with van der Waals surface area (Å²) in [5.74, 6) is 1.47. The van der Waals surface area contributed by atoms with Gasteiger partial charge in [-0.15, -0.1) is 0 Å². The molecule has 3 nitrogen and oxygen atoms in total. The van der Waals surface area contributed by atoms with Crippen molar-refractivity contribution in [1.29, 1.82) is 0 Å². The van der Waals surface area contributed by atoms with E-state index in [0.29, 0.717) is 0 Å². The zero-order valence-electron chi connectivity index (χ0n) is 30.1. The van der Waals surface area contributed by atoms with Crippen LogP contribution in [-0.2, 0) is 5.41 Å². The van der Waals surface area contributed by atoms with Gasteiger partial charge in [-0.1, -0.05) is 133 Å². The maximum atomic E-state index is 7.00. The number of para-hydroxylation sites is 2. The first kappa shape index (κ1) is 31.8. The van der Waals surface area contributed by atoms with Crippen LogP contribution in [0.15, 0.2) is 132 Å². The predicted octanol–water partition coefficient (Wildman–Crippen LogP) is 13.5. The molecule has 248 valence electrons. The van der Waals surface area contributed by atoms with Gasteiger partial charge in [0.05, 0.1) is 22.3 Å². The topological polar surface area (TPSA) is 31.0 Å². The van der Waals surface area contributed by atoms with Crippen molar-refractivity contribution < 1.29 is 4.42 Å². The largest absolute Gasteiger partial charge is 0.455 e. The second kappa shape index (κ2) is 12.2. The molecule has 3 heteroatoms. The van der Waals surface area contributed by atoms with Gasteiger partial charge in [0.1, 0.15) is 17.0 Å². The van der Waals surface area contributed by atoms with Crippen molar-refractivity contribution in [3.8, 4) is 39.3 Å². The van der Waals surface area contributed by atoms with Crippen LogP contribution < -0.4 is 0 Å². The molecule has 0 aliphatic heterocycles. The fourth-order valence-corrected chi connectivity index (χ4v) is 7.54. The van der Waals surface area contributed by atoms with Crippen LogP contribution in [0, 0.1) is 0 Å². The molecule has 6 aromatic carbocycles. The van der Waals surface area contributed by atoms with Crippen molar-refractivity contribution in [3.63, 3.8) is 0 Å². The average molecular weight is 653 g/mol. The van der Waals surface area contributed by atoms with Crippen LogP contribution in [0.4, 0.5) is 0 Å². The van der Waals surface area contributed by atoms with E-state index in [-0.39, 0.29) is 17.3 Å². The number of nitrogens with zero attached hydrogens (tertiary/aromatic N) is 2. The highest BCUT2D eigenvalue weighted by atomic mass is 16.3. The molecular formula is C47H44N2O. The summed E-state index contributed by atoms with van der Waals surface area (Å²) in [6.07, 6.45) is 0. The van der Waals surface area contributed by atoms with Gasteiger partial charge in [-0.3, -0.25) is 4.57 Å². The summed E-state index contributed by atoms with van der Waals surface area (Å²) in [7, 11) is 0. The molecule has 2 aromatic heterocycles. The lowest BCUT2D eigenvalue weighted by Gasteiger charge is -2.25. The molecular weight excluding hydrogens is 609 g/mol. The Morgan fingerprint density at radius 3 is 1.82 bits per heavy atom. The molecule has 8 aromatic rings. The molecule has 0 atom stereocenters. The molecule has 0 aliphatic rings. The molecule has 0 saturated heterocycles. The van der Waals surface area contributed by atoms with E-state index >= 15 is 0 Å². The van der Waals surface area contributed by atoms with Gasteiger partial charge in [-0.25, -0.2) is 4.98 Å². The summed E-state index contributed by atoms with van der Waals surface area (Å²) >= 11 is 0. The molecule has 0 fully saturated rings. The van der Waals surface area contributed by atoms with E-state index in [2.05, 4.69) is 180 Å². The highest BCUT2D eigenvalue weighted by molar-refractivity contribution is 6.12. The van der Waals surface area contributed by atoms with Crippen LogP contribution >= 0.6 is 0 Å². The molecule has 0 spiro atoms. The third-order valence-corrected chi connectivity index (χ3v) is 10.1. The minimum Gasteiger partial charge on any atom is -0.455 e. The van der Waals surface area contributed by atoms with Gasteiger partial charge in [0.15, 0.2) is 0 Å². The van der Waals surface area contributed by atoms with Crippen molar-refractivity contribution in [2.75, 3.05) is 0 Å². The first-order valence-electron chi connectivity index (χ1n) is 17.9. The van der Waals surface area contributed by atoms with E-state index in [1.807, 2.05) is 0 Å². The lowest BCUT2D eigenvalue weighted by molar-refractivity contribution is 0.595. The number of hydrogen-bond donors (Lipinski definition) is 0. The highest BCUT2D eigenvalue weighted by Crippen LogP contribution is 2.45. The lowest BCUT2D eigenvalue weighted by atomic mass is 9.83. The van der Waals surface area contributed by atoms with Crippen LogP contribution in [0.3, 0.4) is 0 Å². The van der Waals surface area contributed by atoms with Crippen molar-refractivity contribution in [1.82, 2.24) is 9.55 Å². The minimum atomic E-state index is -0.0886. The van der Waals surface area contributed by atoms with E-state index in [1.165, 1.54) is 39.1 Å². The highest BCUT2D eigenvalue weighted by Gasteiger charge is 2.28. The molecule has 0 amide bonds. The lowest BCUT2D eigenvalue weighted by Crippen LogP contribution is -2.12. The molecule has 0 unspecified atom stereocenters. The van der Waals surface area contributed by atoms with Gasteiger partial charge in [-0.05, 0) is 98.7 Å². The Morgan fingerprint density at radius 2 is 1.20 bits per heavy atom. The molecule has 8 rings (SSSR count). The number of hydrogen-bond acceptors (Lipinski definition) is 2. The maximum absolute atomic E-state index is 7.00. The molecule has 0 saturated carbocycles. The van der Waals surface area contributed by atoms with Crippen molar-refractivity contribution in [2.45, 2.75) is 65.7 Å². The predicted molar refractivity (Wildman–Crippen MR) is 212 cm³/mol. The zero-order valence-corrected chi connectivity index (χ0v) is 30.1. The van der Waals surface area contributed by atoms with Crippen LogP contribution in [0.2, 0.25) is 0 Å². The van der Waals surface area contributed by atoms with E-state index in [4.69, 9.17) is 9.40 Å². The Balaban J connectivity index is 1.46. The first-order valence-corrected chi connectivity index (χ1v) is 17.9. The van der Waals surface area contributed by atoms with E-state index in [0.717, 1.165) is 49.9 Å². The van der Waals surface area contributed by atoms with Crippen molar-refractivity contribution in [2.24, 2.45) is 0 Å². The fourth-order valence-electron chi connectivity index (χ4n) is 7.54. The molecule has 50 heavy (non-hydrogen) atoms. The fraction of sp³-hybridized carbons (Fsp3) is 0.213. The Labute approximate surface area is 295 Å². The number of imidazole rings is 1. The van der Waals surface area contributed by atoms with Crippen molar-refractivity contribution in [3.05, 3.63) is 144 Å². The Bertz CT molecular complexity index is 2480. The van der Waals surface area contributed by atoms with E-state index in [9.17, 15) is 0 Å². The number of benzene rings is 6. The molecule has 2 heterocycles. The normalized spacial score (nSPS) is 12.3. The number of furan rings is 1. The summed E-state index contributed by atoms with van der Waals surface area (Å²) in [6, 6.07) is 45.8. The monoisotopic (exact) mass is 652 g/mol. The van der Waals surface area contributed by atoms with E-state index < -0.39 is 0 Å². The van der Waals surface area contributed by atoms with Gasteiger partial charge >= 0.3 is 0 Å². The van der Waals surface area contributed by atoms with Gasteiger partial charge in [-0.2, -0.15) is 0 Å². The standard InChI is InChI=1S/C47H44N2O/c1-29(2)37-26-34(32-18-12-9-13-19-32)27-38(30(3)4)44(37)49-41-21-15-14-20-40(41)48-46(49)36-24-25-39(47(5,6)7)43-35-23-22-33(28-42(35)50-45(36)43)31-16-10-8-11-17-31/h8-30H,1-7H3. The van der Waals surface area contributed by atoms with E-state index in [1.54, 1.807) is 0 Å².